The Hall–Kier alpha value is -2.58. The van der Waals surface area contributed by atoms with Gasteiger partial charge in [0.15, 0.2) is 5.69 Å². The Bertz CT molecular complexity index is 1020. The molecule has 0 spiro atoms. The molecule has 1 aromatic heterocycles. The van der Waals surface area contributed by atoms with Gasteiger partial charge >= 0.3 is 6.18 Å². The first kappa shape index (κ1) is 19.2. The van der Waals surface area contributed by atoms with Gasteiger partial charge in [0.2, 0.25) is 0 Å². The molecule has 140 valence electrons. The quantitative estimate of drug-likeness (QED) is 0.564. The van der Waals surface area contributed by atoms with Crippen molar-refractivity contribution in [3.05, 3.63) is 75.8 Å². The van der Waals surface area contributed by atoms with Crippen LogP contribution in [0.2, 0.25) is 10.0 Å². The third kappa shape index (κ3) is 3.77. The van der Waals surface area contributed by atoms with E-state index in [0.29, 0.717) is 10.9 Å². The molecule has 0 radical (unpaired) electrons. The summed E-state index contributed by atoms with van der Waals surface area (Å²) >= 11 is 11.8. The van der Waals surface area contributed by atoms with E-state index >= 15 is 0 Å². The lowest BCUT2D eigenvalue weighted by atomic mass is 10.2. The first-order chi connectivity index (χ1) is 12.7. The zero-order chi connectivity index (χ0) is 19.8. The van der Waals surface area contributed by atoms with Crippen molar-refractivity contribution in [2.45, 2.75) is 6.18 Å². The van der Waals surface area contributed by atoms with Crippen LogP contribution in [-0.4, -0.2) is 15.7 Å². The van der Waals surface area contributed by atoms with Crippen LogP contribution in [0.25, 0.3) is 5.69 Å². The summed E-state index contributed by atoms with van der Waals surface area (Å²) in [6, 6.07) is 9.08. The molecule has 27 heavy (non-hydrogen) atoms. The van der Waals surface area contributed by atoms with Crippen LogP contribution >= 0.6 is 23.2 Å². The van der Waals surface area contributed by atoms with Crippen LogP contribution in [0.15, 0.2) is 48.7 Å². The monoisotopic (exact) mass is 417 g/mol. The zero-order valence-electron chi connectivity index (χ0n) is 13.2. The van der Waals surface area contributed by atoms with E-state index in [0.717, 1.165) is 12.1 Å². The van der Waals surface area contributed by atoms with Crippen molar-refractivity contribution >= 4 is 34.8 Å². The molecule has 0 aliphatic rings. The van der Waals surface area contributed by atoms with Crippen LogP contribution in [0.4, 0.5) is 23.2 Å². The number of halogens is 6. The third-order valence-corrected chi connectivity index (χ3v) is 4.38. The highest BCUT2D eigenvalue weighted by molar-refractivity contribution is 6.44. The molecule has 0 saturated heterocycles. The summed E-state index contributed by atoms with van der Waals surface area (Å²) in [5.41, 5.74) is -2.62. The SMILES string of the molecule is O=C(Nc1cccc(Cl)c1Cl)c1cnn(-c2ccccc2F)c1C(F)(F)F. The Kier molecular flexibility index (Phi) is 5.12. The number of alkyl halides is 3. The van der Waals surface area contributed by atoms with Crippen molar-refractivity contribution in [3.8, 4) is 5.69 Å². The van der Waals surface area contributed by atoms with Crippen LogP contribution in [-0.2, 0) is 6.18 Å². The topological polar surface area (TPSA) is 46.9 Å². The molecule has 0 atom stereocenters. The van der Waals surface area contributed by atoms with Crippen molar-refractivity contribution in [2.24, 2.45) is 0 Å². The number of carbonyl (C=O) groups is 1. The van der Waals surface area contributed by atoms with E-state index in [2.05, 4.69) is 10.4 Å². The predicted molar refractivity (Wildman–Crippen MR) is 92.9 cm³/mol. The number of anilines is 1. The lowest BCUT2D eigenvalue weighted by Gasteiger charge is -2.13. The van der Waals surface area contributed by atoms with Gasteiger partial charge in [-0.1, -0.05) is 41.4 Å². The minimum atomic E-state index is -4.97. The Morgan fingerprint density at radius 3 is 2.44 bits per heavy atom. The van der Waals surface area contributed by atoms with Crippen LogP contribution in [0, 0.1) is 5.82 Å². The highest BCUT2D eigenvalue weighted by Crippen LogP contribution is 2.35. The van der Waals surface area contributed by atoms with Crippen molar-refractivity contribution in [2.75, 3.05) is 5.32 Å². The highest BCUT2D eigenvalue weighted by Gasteiger charge is 2.41. The van der Waals surface area contributed by atoms with E-state index in [9.17, 15) is 22.4 Å². The van der Waals surface area contributed by atoms with Gasteiger partial charge in [0, 0.05) is 0 Å². The number of benzene rings is 2. The molecule has 0 aliphatic heterocycles. The zero-order valence-corrected chi connectivity index (χ0v) is 14.7. The summed E-state index contributed by atoms with van der Waals surface area (Å²) in [6.45, 7) is 0. The first-order valence-electron chi connectivity index (χ1n) is 7.35. The first-order valence-corrected chi connectivity index (χ1v) is 8.11. The molecule has 0 unspecified atom stereocenters. The number of nitrogens with one attached hydrogen (secondary N) is 1. The average Bonchev–Trinajstić information content (AvgIpc) is 3.05. The van der Waals surface area contributed by atoms with Crippen LogP contribution in [0.5, 0.6) is 0 Å². The number of hydrogen-bond donors (Lipinski definition) is 1. The van der Waals surface area contributed by atoms with Crippen molar-refractivity contribution in [1.82, 2.24) is 9.78 Å². The second kappa shape index (κ2) is 7.21. The second-order valence-corrected chi connectivity index (χ2v) is 6.11. The van der Waals surface area contributed by atoms with E-state index < -0.39 is 34.8 Å². The van der Waals surface area contributed by atoms with E-state index in [-0.39, 0.29) is 15.7 Å². The number of aromatic nitrogens is 2. The summed E-state index contributed by atoms with van der Waals surface area (Å²) in [5.74, 6) is -2.04. The van der Waals surface area contributed by atoms with Crippen molar-refractivity contribution < 1.29 is 22.4 Å². The molecule has 2 aromatic carbocycles. The van der Waals surface area contributed by atoms with Crippen molar-refractivity contribution in [3.63, 3.8) is 0 Å². The molecule has 1 N–H and O–H groups in total. The molecule has 0 saturated carbocycles. The minimum absolute atomic E-state index is 0.0254. The molecular formula is C17H9Cl2F4N3O. The Balaban J connectivity index is 2.07. The van der Waals surface area contributed by atoms with E-state index in [1.165, 1.54) is 30.3 Å². The largest absolute Gasteiger partial charge is 0.434 e. The van der Waals surface area contributed by atoms with Gasteiger partial charge in [-0.2, -0.15) is 18.3 Å². The molecule has 3 aromatic rings. The summed E-state index contributed by atoms with van der Waals surface area (Å²) in [7, 11) is 0. The smallest absolute Gasteiger partial charge is 0.320 e. The molecule has 1 heterocycles. The Labute approximate surface area is 160 Å². The maximum Gasteiger partial charge on any atom is 0.434 e. The maximum absolute atomic E-state index is 13.9. The van der Waals surface area contributed by atoms with Crippen LogP contribution < -0.4 is 5.32 Å². The fourth-order valence-electron chi connectivity index (χ4n) is 2.38. The molecule has 0 bridgehead atoms. The molecular weight excluding hydrogens is 409 g/mol. The number of hydrogen-bond acceptors (Lipinski definition) is 2. The molecule has 1 amide bonds. The predicted octanol–water partition coefficient (Wildman–Crippen LogP) is 5.59. The summed E-state index contributed by atoms with van der Waals surface area (Å²) in [4.78, 5) is 12.4. The lowest BCUT2D eigenvalue weighted by molar-refractivity contribution is -0.143. The molecule has 10 heteroatoms. The lowest BCUT2D eigenvalue weighted by Crippen LogP contribution is -2.21. The Morgan fingerprint density at radius 2 is 1.78 bits per heavy atom. The minimum Gasteiger partial charge on any atom is -0.320 e. The number of nitrogens with zero attached hydrogens (tertiary/aromatic N) is 2. The fraction of sp³-hybridized carbons (Fsp3) is 0.0588. The standard InChI is InChI=1S/C17H9Cl2F4N3O/c18-10-4-3-6-12(14(10)19)25-16(27)9-8-24-26(15(9)17(21,22)23)13-7-2-1-5-11(13)20/h1-8H,(H,25,27). The van der Waals surface area contributed by atoms with Gasteiger partial charge in [0.25, 0.3) is 5.91 Å². The fourth-order valence-corrected chi connectivity index (χ4v) is 2.73. The Morgan fingerprint density at radius 1 is 1.07 bits per heavy atom. The number of rotatable bonds is 3. The van der Waals surface area contributed by atoms with E-state index in [1.807, 2.05) is 0 Å². The van der Waals surface area contributed by atoms with Gasteiger partial charge < -0.3 is 5.32 Å². The second-order valence-electron chi connectivity index (χ2n) is 5.32. The van der Waals surface area contributed by atoms with E-state index in [4.69, 9.17) is 23.2 Å². The van der Waals surface area contributed by atoms with Crippen LogP contribution in [0.3, 0.4) is 0 Å². The molecule has 4 nitrogen and oxygen atoms in total. The maximum atomic E-state index is 13.9. The van der Waals surface area contributed by atoms with Gasteiger partial charge in [-0.3, -0.25) is 4.79 Å². The van der Waals surface area contributed by atoms with Gasteiger partial charge in [0.05, 0.1) is 27.5 Å². The third-order valence-electron chi connectivity index (χ3n) is 3.56. The number of amides is 1. The molecule has 0 aliphatic carbocycles. The normalized spacial score (nSPS) is 11.5. The van der Waals surface area contributed by atoms with Gasteiger partial charge in [-0.05, 0) is 24.3 Å². The average molecular weight is 418 g/mol. The summed E-state index contributed by atoms with van der Waals surface area (Å²) < 4.78 is 55.0. The van der Waals surface area contributed by atoms with Gasteiger partial charge in [-0.15, -0.1) is 0 Å². The number of para-hydroxylation sites is 1. The van der Waals surface area contributed by atoms with Gasteiger partial charge in [0.1, 0.15) is 11.5 Å². The molecule has 0 fully saturated rings. The number of carbonyl (C=O) groups excluding carboxylic acids is 1. The van der Waals surface area contributed by atoms with Gasteiger partial charge in [-0.25, -0.2) is 9.07 Å². The summed E-state index contributed by atoms with van der Waals surface area (Å²) in [6.07, 6.45) is -4.26. The highest BCUT2D eigenvalue weighted by atomic mass is 35.5. The molecule has 3 rings (SSSR count). The van der Waals surface area contributed by atoms with Crippen LogP contribution in [0.1, 0.15) is 16.1 Å². The van der Waals surface area contributed by atoms with Crippen molar-refractivity contribution in [1.29, 1.82) is 0 Å². The summed E-state index contributed by atoms with van der Waals surface area (Å²) in [5, 5.41) is 5.90. The van der Waals surface area contributed by atoms with E-state index in [1.54, 1.807) is 0 Å².